The second kappa shape index (κ2) is 9.32. The number of aliphatic carboxylic acids is 1. The summed E-state index contributed by atoms with van der Waals surface area (Å²) in [6.45, 7) is -1.13. The van der Waals surface area contributed by atoms with Crippen LogP contribution in [0.5, 0.6) is 0 Å². The van der Waals surface area contributed by atoms with E-state index in [2.05, 4.69) is 4.74 Å². The molecule has 0 saturated heterocycles. The monoisotopic (exact) mass is 250 g/mol. The molecule has 0 spiro atoms. The number of hydrogen-bond donors (Lipinski definition) is 4. The van der Waals surface area contributed by atoms with Gasteiger partial charge in [-0.3, -0.25) is 4.79 Å². The third kappa shape index (κ3) is 7.95. The van der Waals surface area contributed by atoms with Crippen molar-refractivity contribution in [3.05, 3.63) is 0 Å². The van der Waals surface area contributed by atoms with Crippen LogP contribution in [0.2, 0.25) is 0 Å². The van der Waals surface area contributed by atoms with Crippen molar-refractivity contribution in [3.8, 4) is 0 Å². The molecule has 1 atom stereocenters. The van der Waals surface area contributed by atoms with Crippen molar-refractivity contribution in [1.29, 1.82) is 0 Å². The van der Waals surface area contributed by atoms with E-state index in [1.54, 1.807) is 0 Å². The number of rotatable bonds is 6. The summed E-state index contributed by atoms with van der Waals surface area (Å²) in [6, 6.07) is 0. The predicted molar refractivity (Wildman–Crippen MR) is 50.3 cm³/mol. The smallest absolute Gasteiger partial charge is 1.00 e. The van der Waals surface area contributed by atoms with Crippen molar-refractivity contribution in [2.24, 2.45) is 0 Å². The summed E-state index contributed by atoms with van der Waals surface area (Å²) in [5, 5.41) is 34.0. The average molecular weight is 250 g/mol. The molecule has 86 valence electrons. The molecular formula is C7H14CaO7. The van der Waals surface area contributed by atoms with Crippen molar-refractivity contribution in [2.45, 2.75) is 18.6 Å². The topological polar surface area (TPSA) is 124 Å². The van der Waals surface area contributed by atoms with Gasteiger partial charge < -0.3 is 28.0 Å². The second-order valence-corrected chi connectivity index (χ2v) is 2.54. The van der Waals surface area contributed by atoms with Gasteiger partial charge >= 0.3 is 49.7 Å². The van der Waals surface area contributed by atoms with Crippen molar-refractivity contribution < 1.29 is 37.6 Å². The third-order valence-corrected chi connectivity index (χ3v) is 1.35. The Bertz CT molecular complexity index is 212. The van der Waals surface area contributed by atoms with Crippen LogP contribution in [0.15, 0.2) is 0 Å². The van der Waals surface area contributed by atoms with Crippen LogP contribution in [0.25, 0.3) is 0 Å². The summed E-state index contributed by atoms with van der Waals surface area (Å²) < 4.78 is 4.41. The van der Waals surface area contributed by atoms with E-state index in [9.17, 15) is 9.59 Å². The van der Waals surface area contributed by atoms with Gasteiger partial charge in [0, 0.05) is 0 Å². The van der Waals surface area contributed by atoms with E-state index in [1.807, 2.05) is 0 Å². The number of ether oxygens (including phenoxy) is 1. The van der Waals surface area contributed by atoms with E-state index in [-0.39, 0.29) is 40.6 Å². The van der Waals surface area contributed by atoms with E-state index >= 15 is 0 Å². The molecule has 0 fully saturated rings. The Balaban J connectivity index is -0.000000282. The van der Waals surface area contributed by atoms with Gasteiger partial charge in [0.25, 0.3) is 0 Å². The number of carbonyl (C=O) groups excluding carboxylic acids is 1. The zero-order valence-corrected chi connectivity index (χ0v) is 10.2. The molecule has 0 bridgehead atoms. The molecular weight excluding hydrogens is 236 g/mol. The molecule has 1 unspecified atom stereocenters. The molecule has 0 saturated carbocycles. The average Bonchev–Trinajstić information content (AvgIpc) is 2.13. The Morgan fingerprint density at radius 1 is 1.27 bits per heavy atom. The first-order valence-corrected chi connectivity index (χ1v) is 3.83. The first kappa shape index (κ1) is 17.5. The molecule has 7 nitrogen and oxygen atoms in total. The fraction of sp³-hybridized carbons (Fsp3) is 0.714. The number of hydrogen-bond acceptors (Lipinski definition) is 6. The summed E-state index contributed by atoms with van der Waals surface area (Å²) in [5.41, 5.74) is 0. The maximum atomic E-state index is 10.8. The van der Waals surface area contributed by atoms with Crippen molar-refractivity contribution >= 4 is 49.7 Å². The number of esters is 1. The number of carbonyl (C=O) groups is 2. The van der Waals surface area contributed by atoms with Gasteiger partial charge in [-0.25, -0.2) is 4.79 Å². The molecule has 0 radical (unpaired) electrons. The molecule has 0 aliphatic rings. The summed E-state index contributed by atoms with van der Waals surface area (Å²) in [7, 11) is 0. The summed E-state index contributed by atoms with van der Waals surface area (Å²) in [4.78, 5) is 20.9. The van der Waals surface area contributed by atoms with Gasteiger partial charge in [0.1, 0.15) is 6.10 Å². The molecule has 15 heavy (non-hydrogen) atoms. The molecule has 0 rings (SSSR count). The van der Waals surface area contributed by atoms with Crippen LogP contribution in [0.3, 0.4) is 0 Å². The fourth-order valence-electron chi connectivity index (χ4n) is 0.611. The maximum Gasteiger partial charge on any atom is 2.00 e. The van der Waals surface area contributed by atoms with Gasteiger partial charge in [0.15, 0.2) is 6.10 Å². The predicted octanol–water partition coefficient (Wildman–Crippen LogP) is -2.44. The Kier molecular flexibility index (Phi) is 10.9. The molecule has 0 heterocycles. The van der Waals surface area contributed by atoms with Crippen LogP contribution in [-0.4, -0.2) is 95.5 Å². The van der Waals surface area contributed by atoms with Crippen LogP contribution >= 0.6 is 0 Å². The van der Waals surface area contributed by atoms with Crippen LogP contribution in [0, 0.1) is 0 Å². The van der Waals surface area contributed by atoms with Gasteiger partial charge in [-0.05, 0) is 0 Å². The van der Waals surface area contributed by atoms with Gasteiger partial charge in [0.2, 0.25) is 0 Å². The van der Waals surface area contributed by atoms with Crippen LogP contribution < -0.4 is 0 Å². The van der Waals surface area contributed by atoms with Crippen molar-refractivity contribution in [3.63, 3.8) is 0 Å². The number of aliphatic hydroxyl groups excluding tert-OH is 3. The second-order valence-electron chi connectivity index (χ2n) is 2.54. The molecule has 0 aromatic rings. The Labute approximate surface area is 119 Å². The molecule has 0 aliphatic carbocycles. The van der Waals surface area contributed by atoms with Crippen LogP contribution in [0.1, 0.15) is 9.27 Å². The van der Waals surface area contributed by atoms with Gasteiger partial charge in [0.05, 0.1) is 19.6 Å². The maximum absolute atomic E-state index is 10.8. The van der Waals surface area contributed by atoms with E-state index in [0.29, 0.717) is 0 Å². The molecule has 4 N–H and O–H groups in total. The minimum atomic E-state index is -1.83. The largest absolute Gasteiger partial charge is 2.00 e. The quantitative estimate of drug-likeness (QED) is 0.305. The number of aliphatic hydroxyl groups is 3. The Morgan fingerprint density at radius 2 is 1.73 bits per heavy atom. The van der Waals surface area contributed by atoms with Gasteiger partial charge in [-0.2, -0.15) is 0 Å². The first-order valence-electron chi connectivity index (χ1n) is 3.83. The Hall–Kier alpha value is 0.0797. The summed E-state index contributed by atoms with van der Waals surface area (Å²) in [6.07, 6.45) is -3.63. The number of carboxylic acids is 1. The zero-order chi connectivity index (χ0) is 11.1. The molecule has 0 aromatic heterocycles. The van der Waals surface area contributed by atoms with E-state index in [0.717, 1.165) is 0 Å². The van der Waals surface area contributed by atoms with E-state index < -0.39 is 43.8 Å². The zero-order valence-electron chi connectivity index (χ0n) is 10.00. The van der Waals surface area contributed by atoms with Gasteiger partial charge in [-0.15, -0.1) is 0 Å². The minimum absolute atomic E-state index is 0. The third-order valence-electron chi connectivity index (χ3n) is 1.35. The molecule has 0 aliphatic heterocycles. The number of carboxylic acid groups (broad SMARTS) is 1. The van der Waals surface area contributed by atoms with Crippen molar-refractivity contribution in [1.82, 2.24) is 0 Å². The van der Waals surface area contributed by atoms with Crippen LogP contribution in [0.4, 0.5) is 0 Å². The molecule has 0 amide bonds. The molecule has 8 heteroatoms. The van der Waals surface area contributed by atoms with Gasteiger partial charge in [-0.1, -0.05) is 0 Å². The fourth-order valence-corrected chi connectivity index (χ4v) is 0.611. The first-order chi connectivity index (χ1) is 6.51. The molecule has 0 aromatic carbocycles. The SMILES string of the molecule is O=C(CC(O)C(=O)O)OC(CO)CO.[Ca+2].[H-].[H-]. The Morgan fingerprint density at radius 3 is 2.07 bits per heavy atom. The van der Waals surface area contributed by atoms with E-state index in [4.69, 9.17) is 20.4 Å². The van der Waals surface area contributed by atoms with E-state index in [1.165, 1.54) is 0 Å². The van der Waals surface area contributed by atoms with Crippen LogP contribution in [-0.2, 0) is 14.3 Å². The summed E-state index contributed by atoms with van der Waals surface area (Å²) in [5.74, 6) is -2.53. The minimum Gasteiger partial charge on any atom is -1.00 e. The summed E-state index contributed by atoms with van der Waals surface area (Å²) >= 11 is 0. The standard InChI is InChI=1S/C7H12O7.Ca.2H/c8-2-4(3-9)14-6(11)1-5(10)7(12)13;;;/h4-5,8-10H,1-3H2,(H,12,13);;;/q;+2;2*-1. The van der Waals surface area contributed by atoms with Crippen molar-refractivity contribution in [2.75, 3.05) is 13.2 Å². The normalized spacial score (nSPS) is 11.7.